The van der Waals surface area contributed by atoms with Crippen LogP contribution in [-0.2, 0) is 32.2 Å². The molecule has 0 bridgehead atoms. The molecule has 2 fully saturated rings. The highest BCUT2D eigenvalue weighted by Crippen LogP contribution is 2.33. The number of nitrogens with zero attached hydrogens (tertiary/aromatic N) is 3. The molecule has 1 saturated heterocycles. The number of thiazole rings is 1. The van der Waals surface area contributed by atoms with Gasteiger partial charge in [0.05, 0.1) is 37.7 Å². The molecule has 206 valence electrons. The third-order valence-corrected chi connectivity index (χ3v) is 5.89. The Bertz CT molecular complexity index is 953. The lowest BCUT2D eigenvalue weighted by molar-refractivity contribution is -0.193. The Morgan fingerprint density at radius 1 is 1.05 bits per heavy atom. The number of aromatic nitrogens is 2. The molecular formula is C21H23F6N3O6S. The van der Waals surface area contributed by atoms with E-state index in [4.69, 9.17) is 29.3 Å². The predicted octanol–water partition coefficient (Wildman–Crippen LogP) is 3.75. The van der Waals surface area contributed by atoms with Gasteiger partial charge in [0.2, 0.25) is 0 Å². The van der Waals surface area contributed by atoms with Gasteiger partial charge in [0, 0.05) is 30.4 Å². The van der Waals surface area contributed by atoms with Crippen molar-refractivity contribution in [1.29, 1.82) is 0 Å². The number of pyridine rings is 1. The quantitative estimate of drug-likeness (QED) is 0.528. The van der Waals surface area contributed by atoms with Gasteiger partial charge in [-0.3, -0.25) is 9.88 Å². The summed E-state index contributed by atoms with van der Waals surface area (Å²) >= 11 is 1.73. The normalized spacial score (nSPS) is 21.6. The lowest BCUT2D eigenvalue weighted by Gasteiger charge is -2.38. The van der Waals surface area contributed by atoms with Gasteiger partial charge in [-0.2, -0.15) is 26.3 Å². The van der Waals surface area contributed by atoms with Crippen LogP contribution in [0.25, 0.3) is 0 Å². The van der Waals surface area contributed by atoms with Crippen LogP contribution in [0.3, 0.4) is 0 Å². The first-order chi connectivity index (χ1) is 17.3. The Morgan fingerprint density at radius 2 is 1.70 bits per heavy atom. The van der Waals surface area contributed by atoms with Crippen LogP contribution >= 0.6 is 11.3 Å². The van der Waals surface area contributed by atoms with Crippen molar-refractivity contribution in [2.45, 2.75) is 56.6 Å². The van der Waals surface area contributed by atoms with Gasteiger partial charge < -0.3 is 19.7 Å². The molecule has 0 amide bonds. The summed E-state index contributed by atoms with van der Waals surface area (Å²) in [5, 5.41) is 17.5. The number of alkyl halides is 6. The molecule has 4 rings (SSSR count). The van der Waals surface area contributed by atoms with Gasteiger partial charge in [-0.1, -0.05) is 6.07 Å². The van der Waals surface area contributed by atoms with Crippen LogP contribution in [-0.4, -0.2) is 80.8 Å². The topological polar surface area (TPSA) is 122 Å². The third kappa shape index (κ3) is 10.2. The summed E-state index contributed by atoms with van der Waals surface area (Å²) in [6.45, 7) is 3.24. The smallest absolute Gasteiger partial charge is 0.475 e. The predicted molar refractivity (Wildman–Crippen MR) is 115 cm³/mol. The second-order valence-corrected chi connectivity index (χ2v) is 8.63. The first-order valence-corrected chi connectivity index (χ1v) is 11.5. The number of ether oxygens (including phenoxy) is 2. The van der Waals surface area contributed by atoms with E-state index >= 15 is 0 Å². The van der Waals surface area contributed by atoms with Crippen LogP contribution in [0.2, 0.25) is 0 Å². The molecule has 0 unspecified atom stereocenters. The molecule has 1 aliphatic carbocycles. The summed E-state index contributed by atoms with van der Waals surface area (Å²) in [6.07, 6.45) is -3.96. The summed E-state index contributed by atoms with van der Waals surface area (Å²) in [5.74, 6) is -5.51. The van der Waals surface area contributed by atoms with E-state index in [1.54, 1.807) is 11.3 Å². The fraction of sp³-hybridized carbons (Fsp3) is 0.524. The molecule has 1 saturated carbocycles. The molecule has 2 aromatic rings. The number of hydrogen-bond acceptors (Lipinski definition) is 8. The summed E-state index contributed by atoms with van der Waals surface area (Å²) in [5.41, 5.74) is 0.978. The number of carboxylic acid groups (broad SMARTS) is 2. The molecule has 3 heterocycles. The zero-order valence-corrected chi connectivity index (χ0v) is 19.8. The molecule has 0 spiro atoms. The summed E-state index contributed by atoms with van der Waals surface area (Å²) in [7, 11) is 0. The van der Waals surface area contributed by atoms with Crippen molar-refractivity contribution in [2.75, 3.05) is 13.2 Å². The average molecular weight is 559 g/mol. The molecule has 16 heteroatoms. The van der Waals surface area contributed by atoms with Gasteiger partial charge >= 0.3 is 24.3 Å². The van der Waals surface area contributed by atoms with Crippen LogP contribution in [0.15, 0.2) is 36.0 Å². The van der Waals surface area contributed by atoms with E-state index in [0.717, 1.165) is 38.2 Å². The van der Waals surface area contributed by atoms with Crippen molar-refractivity contribution in [3.05, 3.63) is 46.7 Å². The van der Waals surface area contributed by atoms with E-state index in [9.17, 15) is 26.3 Å². The molecule has 37 heavy (non-hydrogen) atoms. The van der Waals surface area contributed by atoms with E-state index in [0.29, 0.717) is 12.6 Å². The summed E-state index contributed by atoms with van der Waals surface area (Å²) in [4.78, 5) is 29.0. The van der Waals surface area contributed by atoms with Crippen LogP contribution in [0.1, 0.15) is 23.5 Å². The number of fused-ring (bicyclic) bond motifs is 1. The number of halogens is 6. The van der Waals surface area contributed by atoms with Crippen LogP contribution in [0.5, 0.6) is 0 Å². The number of morpholine rings is 1. The maximum Gasteiger partial charge on any atom is 0.490 e. The fourth-order valence-corrected chi connectivity index (χ4v) is 4.19. The summed E-state index contributed by atoms with van der Waals surface area (Å²) in [6, 6.07) is 6.37. The van der Waals surface area contributed by atoms with E-state index < -0.39 is 24.3 Å². The molecular weight excluding hydrogens is 536 g/mol. The Hall–Kier alpha value is -2.82. The minimum Gasteiger partial charge on any atom is -0.475 e. The Balaban J connectivity index is 0.000000286. The first-order valence-electron chi connectivity index (χ1n) is 10.6. The van der Waals surface area contributed by atoms with Crippen LogP contribution in [0, 0.1) is 0 Å². The molecule has 2 aliphatic rings. The molecule has 0 radical (unpaired) electrons. The highest BCUT2D eigenvalue weighted by Gasteiger charge is 2.43. The maximum absolute atomic E-state index is 10.6. The van der Waals surface area contributed by atoms with Crippen molar-refractivity contribution in [3.8, 4) is 0 Å². The first kappa shape index (κ1) is 30.4. The molecule has 9 nitrogen and oxygen atoms in total. The summed E-state index contributed by atoms with van der Waals surface area (Å²) < 4.78 is 75.6. The maximum atomic E-state index is 10.6. The fourth-order valence-electron chi connectivity index (χ4n) is 3.55. The largest absolute Gasteiger partial charge is 0.490 e. The number of hydrogen-bond donors (Lipinski definition) is 2. The average Bonchev–Trinajstić information content (AvgIpc) is 3.48. The highest BCUT2D eigenvalue weighted by molar-refractivity contribution is 7.09. The van der Waals surface area contributed by atoms with Crippen LogP contribution < -0.4 is 0 Å². The van der Waals surface area contributed by atoms with E-state index in [-0.39, 0.29) is 12.2 Å². The molecule has 2 N–H and O–H groups in total. The minimum atomic E-state index is -5.08. The van der Waals surface area contributed by atoms with Crippen molar-refractivity contribution in [3.63, 3.8) is 0 Å². The van der Waals surface area contributed by atoms with E-state index in [1.165, 1.54) is 5.01 Å². The minimum absolute atomic E-state index is 0.168. The van der Waals surface area contributed by atoms with Gasteiger partial charge in [0.15, 0.2) is 0 Å². The van der Waals surface area contributed by atoms with E-state index in [1.807, 2.05) is 36.0 Å². The Labute approximate surface area is 210 Å². The zero-order chi connectivity index (χ0) is 27.6. The van der Waals surface area contributed by atoms with Gasteiger partial charge in [-0.25, -0.2) is 14.6 Å². The van der Waals surface area contributed by atoms with Gasteiger partial charge in [-0.05, 0) is 25.0 Å². The van der Waals surface area contributed by atoms with Crippen molar-refractivity contribution in [2.24, 2.45) is 0 Å². The van der Waals surface area contributed by atoms with Crippen LogP contribution in [0.4, 0.5) is 26.3 Å². The highest BCUT2D eigenvalue weighted by atomic mass is 32.1. The van der Waals surface area contributed by atoms with E-state index in [2.05, 4.69) is 14.9 Å². The lowest BCUT2D eigenvalue weighted by Crippen LogP contribution is -2.51. The second-order valence-electron chi connectivity index (χ2n) is 7.65. The third-order valence-electron chi connectivity index (χ3n) is 5.13. The molecule has 2 aromatic heterocycles. The Morgan fingerprint density at radius 3 is 2.22 bits per heavy atom. The number of carbonyl (C=O) groups is 2. The van der Waals surface area contributed by atoms with Crippen molar-refractivity contribution < 1.29 is 55.6 Å². The number of aliphatic carboxylic acids is 2. The Kier molecular flexibility index (Phi) is 11.2. The van der Waals surface area contributed by atoms with Gasteiger partial charge in [-0.15, -0.1) is 11.3 Å². The van der Waals surface area contributed by atoms with Crippen molar-refractivity contribution >= 4 is 23.3 Å². The molecule has 0 aromatic carbocycles. The zero-order valence-electron chi connectivity index (χ0n) is 19.0. The van der Waals surface area contributed by atoms with Crippen molar-refractivity contribution in [1.82, 2.24) is 14.9 Å². The standard InChI is InChI=1S/C17H21N3O2S.2C2HF3O2/c1-2-6-18-13(3-1)12-22-15-5-4-14-17(15)21-9-8-20(14)11-16-19-7-10-23-16;2*3-2(4,5)1(6)7/h1-3,6-7,10,14-15,17H,4-5,8-9,11-12H2;2*(H,6,7)/t14-,15+,17+;;/m0../s1. The molecule has 3 atom stereocenters. The van der Waals surface area contributed by atoms with Gasteiger partial charge in [0.1, 0.15) is 5.01 Å². The second kappa shape index (κ2) is 13.6. The molecule has 1 aliphatic heterocycles. The number of carboxylic acids is 2. The lowest BCUT2D eigenvalue weighted by atomic mass is 10.1. The van der Waals surface area contributed by atoms with Gasteiger partial charge in [0.25, 0.3) is 0 Å². The SMILES string of the molecule is O=C(O)C(F)(F)F.O=C(O)C(F)(F)F.c1ccc(CO[C@@H]2CC[C@H]3[C@H]2OCCN3Cc2nccs2)nc1. The monoisotopic (exact) mass is 559 g/mol. The number of rotatable bonds is 5.